The number of hydrogen-bond acceptors (Lipinski definition) is 3. The second-order valence-electron chi connectivity index (χ2n) is 5.25. The minimum absolute atomic E-state index is 0.0700. The first kappa shape index (κ1) is 14.6. The van der Waals surface area contributed by atoms with Crippen LogP contribution in [0.3, 0.4) is 0 Å². The first-order valence-corrected chi connectivity index (χ1v) is 7.02. The monoisotopic (exact) mass is 307 g/mol. The second kappa shape index (κ2) is 5.84. The molecule has 0 bridgehead atoms. The van der Waals surface area contributed by atoms with E-state index in [1.807, 2.05) is 0 Å². The van der Waals surface area contributed by atoms with Gasteiger partial charge in [0.25, 0.3) is 5.91 Å². The van der Waals surface area contributed by atoms with E-state index >= 15 is 0 Å². The number of hydrogen-bond donors (Lipinski definition) is 1. The fraction of sp³-hybridized carbons (Fsp3) is 0.333. The molecule has 1 aromatic carbocycles. The second-order valence-corrected chi connectivity index (χ2v) is 5.25. The summed E-state index contributed by atoms with van der Waals surface area (Å²) in [4.78, 5) is 14.0. The Balaban J connectivity index is 1.86. The van der Waals surface area contributed by atoms with Gasteiger partial charge in [-0.05, 0) is 25.0 Å². The number of aliphatic hydroxyl groups is 1. The van der Waals surface area contributed by atoms with Crippen LogP contribution >= 0.6 is 0 Å². The van der Waals surface area contributed by atoms with Gasteiger partial charge in [0.1, 0.15) is 11.5 Å². The van der Waals surface area contributed by atoms with Gasteiger partial charge in [-0.15, -0.1) is 0 Å². The lowest BCUT2D eigenvalue weighted by Crippen LogP contribution is -2.37. The van der Waals surface area contributed by atoms with Gasteiger partial charge in [-0.25, -0.2) is 13.5 Å². The number of carbonyl (C=O) groups is 1. The van der Waals surface area contributed by atoms with Crippen LogP contribution in [0.1, 0.15) is 23.2 Å². The third kappa shape index (κ3) is 2.59. The molecule has 0 spiro atoms. The lowest BCUT2D eigenvalue weighted by Gasteiger charge is -2.22. The molecule has 0 saturated carbocycles. The summed E-state index contributed by atoms with van der Waals surface area (Å²) in [7, 11) is 0. The zero-order chi connectivity index (χ0) is 15.7. The zero-order valence-electron chi connectivity index (χ0n) is 11.7. The van der Waals surface area contributed by atoms with Gasteiger partial charge in [-0.3, -0.25) is 4.79 Å². The van der Waals surface area contributed by atoms with E-state index in [2.05, 4.69) is 5.10 Å². The van der Waals surface area contributed by atoms with Crippen molar-refractivity contribution in [1.82, 2.24) is 14.7 Å². The molecule has 116 valence electrons. The maximum atomic E-state index is 13.7. The largest absolute Gasteiger partial charge is 0.394 e. The van der Waals surface area contributed by atoms with E-state index in [4.69, 9.17) is 0 Å². The molecule has 1 saturated heterocycles. The molecule has 0 radical (unpaired) electrons. The molecule has 2 aromatic rings. The molecular formula is C15H15F2N3O2. The van der Waals surface area contributed by atoms with E-state index in [9.17, 15) is 18.7 Å². The molecule has 3 rings (SSSR count). The van der Waals surface area contributed by atoms with E-state index < -0.39 is 11.6 Å². The number of aliphatic hydroxyl groups excluding tert-OH is 1. The molecule has 1 amide bonds. The van der Waals surface area contributed by atoms with Crippen molar-refractivity contribution in [3.05, 3.63) is 47.8 Å². The van der Waals surface area contributed by atoms with E-state index in [1.165, 1.54) is 23.1 Å². The van der Waals surface area contributed by atoms with Gasteiger partial charge in [-0.1, -0.05) is 0 Å². The molecule has 7 heteroatoms. The van der Waals surface area contributed by atoms with Crippen molar-refractivity contribution in [2.24, 2.45) is 0 Å². The molecular weight excluding hydrogens is 292 g/mol. The molecule has 1 aliphatic rings. The molecule has 5 nitrogen and oxygen atoms in total. The summed E-state index contributed by atoms with van der Waals surface area (Å²) in [6.45, 7) is 0.507. The highest BCUT2D eigenvalue weighted by atomic mass is 19.1. The predicted octanol–water partition coefficient (Wildman–Crippen LogP) is 1.75. The number of aromatic nitrogens is 2. The minimum atomic E-state index is -0.753. The van der Waals surface area contributed by atoms with E-state index in [0.717, 1.165) is 25.0 Å². The maximum absolute atomic E-state index is 13.7. The van der Waals surface area contributed by atoms with Gasteiger partial charge in [0, 0.05) is 18.8 Å². The van der Waals surface area contributed by atoms with Gasteiger partial charge in [0.2, 0.25) is 0 Å². The van der Waals surface area contributed by atoms with Crippen LogP contribution in [0, 0.1) is 11.6 Å². The van der Waals surface area contributed by atoms with Gasteiger partial charge >= 0.3 is 0 Å². The number of amides is 1. The van der Waals surface area contributed by atoms with E-state index in [-0.39, 0.29) is 24.2 Å². The van der Waals surface area contributed by atoms with Crippen molar-refractivity contribution < 1.29 is 18.7 Å². The molecule has 0 aliphatic carbocycles. The Morgan fingerprint density at radius 2 is 2.23 bits per heavy atom. The number of likely N-dealkylation sites (tertiary alicyclic amines) is 1. The van der Waals surface area contributed by atoms with Crippen LogP contribution in [0.2, 0.25) is 0 Å². The van der Waals surface area contributed by atoms with Crippen molar-refractivity contribution in [3.63, 3.8) is 0 Å². The Hall–Kier alpha value is -2.28. The summed E-state index contributed by atoms with van der Waals surface area (Å²) in [5.41, 5.74) is 0.379. The highest BCUT2D eigenvalue weighted by molar-refractivity contribution is 5.94. The maximum Gasteiger partial charge on any atom is 0.257 e. The van der Waals surface area contributed by atoms with Crippen molar-refractivity contribution in [2.75, 3.05) is 13.2 Å². The minimum Gasteiger partial charge on any atom is -0.394 e. The highest BCUT2D eigenvalue weighted by Crippen LogP contribution is 2.20. The Morgan fingerprint density at radius 3 is 2.95 bits per heavy atom. The molecule has 1 aromatic heterocycles. The average Bonchev–Trinajstić information content (AvgIpc) is 3.15. The van der Waals surface area contributed by atoms with Gasteiger partial charge < -0.3 is 10.0 Å². The normalized spacial score (nSPS) is 18.0. The fourth-order valence-corrected chi connectivity index (χ4v) is 2.69. The SMILES string of the molecule is O=C(c1cnn(-c2ccc(F)cc2F)c1)N1CCC[C@@H]1CO. The lowest BCUT2D eigenvalue weighted by molar-refractivity contribution is 0.0677. The highest BCUT2D eigenvalue weighted by Gasteiger charge is 2.29. The molecule has 1 atom stereocenters. The van der Waals surface area contributed by atoms with Gasteiger partial charge in [0.05, 0.1) is 24.4 Å². The Bertz CT molecular complexity index is 702. The number of benzene rings is 1. The number of halogens is 2. The summed E-state index contributed by atoms with van der Waals surface area (Å²) < 4.78 is 27.9. The standard InChI is InChI=1S/C15H15F2N3O2/c16-11-3-4-14(13(17)6-11)20-8-10(7-18-20)15(22)19-5-1-2-12(19)9-21/h3-4,6-8,12,21H,1-2,5,9H2/t12-/m1/s1. The molecule has 1 N–H and O–H groups in total. The van der Waals surface area contributed by atoms with Gasteiger partial charge in [-0.2, -0.15) is 5.10 Å². The van der Waals surface area contributed by atoms with Crippen LogP contribution < -0.4 is 0 Å². The predicted molar refractivity (Wildman–Crippen MR) is 74.6 cm³/mol. The van der Waals surface area contributed by atoms with Crippen LogP contribution in [-0.4, -0.2) is 44.9 Å². The first-order chi connectivity index (χ1) is 10.6. The fourth-order valence-electron chi connectivity index (χ4n) is 2.69. The Kier molecular flexibility index (Phi) is 3.89. The van der Waals surface area contributed by atoms with Crippen LogP contribution in [0.4, 0.5) is 8.78 Å². The average molecular weight is 307 g/mol. The van der Waals surface area contributed by atoms with E-state index in [1.54, 1.807) is 4.90 Å². The summed E-state index contributed by atoms with van der Waals surface area (Å²) in [5.74, 6) is -1.67. The lowest BCUT2D eigenvalue weighted by atomic mass is 10.2. The first-order valence-electron chi connectivity index (χ1n) is 7.02. The van der Waals surface area contributed by atoms with Crippen molar-refractivity contribution >= 4 is 5.91 Å². The number of nitrogens with zero attached hydrogens (tertiary/aromatic N) is 3. The molecule has 1 fully saturated rings. The number of carbonyl (C=O) groups excluding carboxylic acids is 1. The zero-order valence-corrected chi connectivity index (χ0v) is 11.7. The quantitative estimate of drug-likeness (QED) is 0.940. The summed E-state index contributed by atoms with van der Waals surface area (Å²) in [6.07, 6.45) is 4.37. The Morgan fingerprint density at radius 1 is 1.41 bits per heavy atom. The summed E-state index contributed by atoms with van der Waals surface area (Å²) in [6, 6.07) is 2.97. The van der Waals surface area contributed by atoms with Crippen molar-refractivity contribution in [3.8, 4) is 5.69 Å². The third-order valence-electron chi connectivity index (χ3n) is 3.83. The van der Waals surface area contributed by atoms with E-state index in [0.29, 0.717) is 12.1 Å². The van der Waals surface area contributed by atoms with Crippen LogP contribution in [0.5, 0.6) is 0 Å². The molecule has 0 unspecified atom stereocenters. The third-order valence-corrected chi connectivity index (χ3v) is 3.83. The molecule has 2 heterocycles. The topological polar surface area (TPSA) is 58.4 Å². The van der Waals surface area contributed by atoms with Gasteiger partial charge in [0.15, 0.2) is 5.82 Å². The van der Waals surface area contributed by atoms with Crippen LogP contribution in [0.25, 0.3) is 5.69 Å². The summed E-state index contributed by atoms with van der Waals surface area (Å²) >= 11 is 0. The summed E-state index contributed by atoms with van der Waals surface area (Å²) in [5, 5.41) is 13.2. The van der Waals surface area contributed by atoms with Crippen LogP contribution in [0.15, 0.2) is 30.6 Å². The molecule has 22 heavy (non-hydrogen) atoms. The Labute approximate surface area is 125 Å². The van der Waals surface area contributed by atoms with Crippen molar-refractivity contribution in [1.29, 1.82) is 0 Å². The van der Waals surface area contributed by atoms with Crippen LogP contribution in [-0.2, 0) is 0 Å². The smallest absolute Gasteiger partial charge is 0.257 e. The van der Waals surface area contributed by atoms with Crippen molar-refractivity contribution in [2.45, 2.75) is 18.9 Å². The molecule has 1 aliphatic heterocycles. The number of rotatable bonds is 3.